The van der Waals surface area contributed by atoms with Crippen LogP contribution < -0.4 is 5.14 Å². The maximum Gasteiger partial charge on any atom is 0.265 e. The van der Waals surface area contributed by atoms with E-state index in [0.29, 0.717) is 0 Å². The zero-order chi connectivity index (χ0) is 12.5. The van der Waals surface area contributed by atoms with Crippen molar-refractivity contribution in [3.63, 3.8) is 0 Å². The lowest BCUT2D eigenvalue weighted by molar-refractivity contribution is 0.597. The molecule has 0 saturated heterocycles. The normalized spacial score (nSPS) is 12.1. The Kier molecular flexibility index (Phi) is 3.46. The van der Waals surface area contributed by atoms with Crippen LogP contribution in [0.3, 0.4) is 0 Å². The molecule has 0 aliphatic heterocycles. The van der Waals surface area contributed by atoms with E-state index in [-0.39, 0.29) is 4.34 Å². The van der Waals surface area contributed by atoms with Crippen LogP contribution in [0.15, 0.2) is 22.5 Å². The lowest BCUT2D eigenvalue weighted by atomic mass is 10.1. The third-order valence-corrected chi connectivity index (χ3v) is 4.87. The van der Waals surface area contributed by atoms with E-state index >= 15 is 0 Å². The molecule has 2 rings (SSSR count). The van der Waals surface area contributed by atoms with Crippen molar-refractivity contribution in [2.24, 2.45) is 5.14 Å². The van der Waals surface area contributed by atoms with Gasteiger partial charge in [0.05, 0.1) is 10.2 Å². The van der Waals surface area contributed by atoms with E-state index in [0.717, 1.165) is 46.4 Å². The largest absolute Gasteiger partial charge is 0.265 e. The van der Waals surface area contributed by atoms with Crippen molar-refractivity contribution < 1.29 is 8.42 Å². The maximum atomic E-state index is 11.3. The lowest BCUT2D eigenvalue weighted by Gasteiger charge is -1.99. The van der Waals surface area contributed by atoms with Crippen LogP contribution in [0.5, 0.6) is 0 Å². The van der Waals surface area contributed by atoms with Gasteiger partial charge in [0.15, 0.2) is 0 Å². The predicted octanol–water partition coefficient (Wildman–Crippen LogP) is 2.29. The van der Waals surface area contributed by atoms with Crippen molar-refractivity contribution in [3.8, 4) is 0 Å². The summed E-state index contributed by atoms with van der Waals surface area (Å²) in [6.45, 7) is 2.12. The number of sulfonamides is 1. The van der Waals surface area contributed by atoms with E-state index in [1.807, 2.05) is 18.2 Å². The molecule has 0 spiro atoms. The summed E-state index contributed by atoms with van der Waals surface area (Å²) in [6, 6.07) is 5.79. The molecule has 0 bridgehead atoms. The van der Waals surface area contributed by atoms with Crippen LogP contribution in [0.2, 0.25) is 0 Å². The Morgan fingerprint density at radius 1 is 1.41 bits per heavy atom. The molecule has 0 atom stereocenters. The molecule has 17 heavy (non-hydrogen) atoms. The number of nitrogens with zero attached hydrogens (tertiary/aromatic N) is 1. The maximum absolute atomic E-state index is 11.3. The number of aryl methyl sites for hydroxylation is 1. The van der Waals surface area contributed by atoms with E-state index in [4.69, 9.17) is 5.14 Å². The third-order valence-electron chi connectivity index (χ3n) is 2.53. The molecule has 92 valence electrons. The lowest BCUT2D eigenvalue weighted by Crippen LogP contribution is -2.11. The third kappa shape index (κ3) is 2.65. The molecule has 0 fully saturated rings. The van der Waals surface area contributed by atoms with Gasteiger partial charge >= 0.3 is 0 Å². The second-order valence-electron chi connectivity index (χ2n) is 3.89. The molecule has 2 aromatic rings. The summed E-state index contributed by atoms with van der Waals surface area (Å²) in [5.74, 6) is 0. The topological polar surface area (TPSA) is 73.1 Å². The first-order valence-corrected chi connectivity index (χ1v) is 7.80. The van der Waals surface area contributed by atoms with Crippen molar-refractivity contribution in [3.05, 3.63) is 23.8 Å². The number of nitrogens with two attached hydrogens (primary N) is 1. The van der Waals surface area contributed by atoms with Crippen LogP contribution in [-0.2, 0) is 16.4 Å². The fourth-order valence-corrected chi connectivity index (χ4v) is 3.37. The standard InChI is InChI=1S/C11H14N2O2S2/c1-2-3-5-8-6-4-7-9-10(8)13-11(16-9)17(12,14)15/h4,6-7H,2-3,5H2,1H3,(H2,12,14,15). The fourth-order valence-electron chi connectivity index (χ4n) is 1.68. The summed E-state index contributed by atoms with van der Waals surface area (Å²) in [5.41, 5.74) is 1.87. The molecule has 0 aliphatic carbocycles. The van der Waals surface area contributed by atoms with Gasteiger partial charge in [0.1, 0.15) is 0 Å². The minimum Gasteiger partial charge on any atom is -0.224 e. The van der Waals surface area contributed by atoms with Crippen molar-refractivity contribution >= 4 is 31.6 Å². The number of thiazole rings is 1. The fraction of sp³-hybridized carbons (Fsp3) is 0.364. The second kappa shape index (κ2) is 4.72. The van der Waals surface area contributed by atoms with E-state index in [1.54, 1.807) is 0 Å². The molecule has 0 radical (unpaired) electrons. The summed E-state index contributed by atoms with van der Waals surface area (Å²) in [7, 11) is -3.69. The zero-order valence-electron chi connectivity index (χ0n) is 9.51. The number of hydrogen-bond acceptors (Lipinski definition) is 4. The first kappa shape index (κ1) is 12.5. The number of unbranched alkanes of at least 4 members (excludes halogenated alkanes) is 1. The number of para-hydroxylation sites is 1. The molecule has 0 saturated carbocycles. The van der Waals surface area contributed by atoms with Crippen LogP contribution in [0, 0.1) is 0 Å². The van der Waals surface area contributed by atoms with Crippen molar-refractivity contribution in [1.29, 1.82) is 0 Å². The van der Waals surface area contributed by atoms with Gasteiger partial charge in [0, 0.05) is 0 Å². The molecular formula is C11H14N2O2S2. The monoisotopic (exact) mass is 270 g/mol. The molecule has 2 N–H and O–H groups in total. The van der Waals surface area contributed by atoms with Crippen LogP contribution in [-0.4, -0.2) is 13.4 Å². The highest BCUT2D eigenvalue weighted by molar-refractivity contribution is 7.91. The summed E-state index contributed by atoms with van der Waals surface area (Å²) in [5, 5.41) is 5.09. The van der Waals surface area contributed by atoms with Gasteiger partial charge in [-0.1, -0.05) is 25.5 Å². The van der Waals surface area contributed by atoms with E-state index < -0.39 is 10.0 Å². The van der Waals surface area contributed by atoms with Crippen molar-refractivity contribution in [1.82, 2.24) is 4.98 Å². The smallest absolute Gasteiger partial charge is 0.224 e. The van der Waals surface area contributed by atoms with Crippen LogP contribution in [0.4, 0.5) is 0 Å². The number of rotatable bonds is 4. The van der Waals surface area contributed by atoms with Crippen LogP contribution >= 0.6 is 11.3 Å². The van der Waals surface area contributed by atoms with Crippen LogP contribution in [0.25, 0.3) is 10.2 Å². The highest BCUT2D eigenvalue weighted by atomic mass is 32.2. The average Bonchev–Trinajstić information content (AvgIpc) is 2.70. The van der Waals surface area contributed by atoms with E-state index in [1.165, 1.54) is 0 Å². The van der Waals surface area contributed by atoms with E-state index in [9.17, 15) is 8.42 Å². The second-order valence-corrected chi connectivity index (χ2v) is 6.66. The van der Waals surface area contributed by atoms with Gasteiger partial charge < -0.3 is 0 Å². The number of fused-ring (bicyclic) bond motifs is 1. The van der Waals surface area contributed by atoms with Gasteiger partial charge in [0.25, 0.3) is 10.0 Å². The molecular weight excluding hydrogens is 256 g/mol. The quantitative estimate of drug-likeness (QED) is 0.926. The van der Waals surface area contributed by atoms with Crippen LogP contribution in [0.1, 0.15) is 25.3 Å². The highest BCUT2D eigenvalue weighted by Crippen LogP contribution is 2.27. The summed E-state index contributed by atoms with van der Waals surface area (Å²) in [4.78, 5) is 4.14. The Morgan fingerprint density at radius 3 is 2.82 bits per heavy atom. The van der Waals surface area contributed by atoms with Gasteiger partial charge in [-0.05, 0) is 24.5 Å². The summed E-state index contributed by atoms with van der Waals surface area (Å²) in [6.07, 6.45) is 3.09. The first-order valence-electron chi connectivity index (χ1n) is 5.43. The summed E-state index contributed by atoms with van der Waals surface area (Å²) >= 11 is 1.13. The molecule has 0 amide bonds. The summed E-state index contributed by atoms with van der Waals surface area (Å²) < 4.78 is 23.4. The van der Waals surface area contributed by atoms with Gasteiger partial charge in [-0.15, -0.1) is 11.3 Å². The van der Waals surface area contributed by atoms with E-state index in [2.05, 4.69) is 11.9 Å². The van der Waals surface area contributed by atoms with Gasteiger partial charge in [-0.2, -0.15) is 0 Å². The number of primary sulfonamides is 1. The average molecular weight is 270 g/mol. The molecule has 4 nitrogen and oxygen atoms in total. The number of benzene rings is 1. The van der Waals surface area contributed by atoms with Gasteiger partial charge in [-0.25, -0.2) is 18.5 Å². The van der Waals surface area contributed by atoms with Gasteiger partial charge in [-0.3, -0.25) is 0 Å². The zero-order valence-corrected chi connectivity index (χ0v) is 11.1. The Balaban J connectivity index is 2.53. The SMILES string of the molecule is CCCCc1cccc2sc(S(N)(=O)=O)nc12. The Morgan fingerprint density at radius 2 is 2.18 bits per heavy atom. The number of aromatic nitrogens is 1. The predicted molar refractivity (Wildman–Crippen MR) is 69.6 cm³/mol. The highest BCUT2D eigenvalue weighted by Gasteiger charge is 2.15. The molecule has 0 unspecified atom stereocenters. The molecule has 1 aromatic carbocycles. The van der Waals surface area contributed by atoms with Crippen molar-refractivity contribution in [2.75, 3.05) is 0 Å². The Bertz CT molecular complexity index is 632. The molecule has 1 aromatic heterocycles. The van der Waals surface area contributed by atoms with Crippen molar-refractivity contribution in [2.45, 2.75) is 30.5 Å². The van der Waals surface area contributed by atoms with Gasteiger partial charge in [0.2, 0.25) is 4.34 Å². The molecule has 1 heterocycles. The first-order chi connectivity index (χ1) is 8.02. The Labute approximate surface area is 105 Å². The minimum absolute atomic E-state index is 0.00329. The number of hydrogen-bond donors (Lipinski definition) is 1. The minimum atomic E-state index is -3.69. The Hall–Kier alpha value is -0.980. The molecule has 6 heteroatoms. The molecule has 0 aliphatic rings.